The molecule has 7 heteroatoms. The van der Waals surface area contributed by atoms with Gasteiger partial charge < -0.3 is 15.2 Å². The van der Waals surface area contributed by atoms with Crippen LogP contribution in [0.5, 0.6) is 0 Å². The molecule has 138 valence electrons. The Bertz CT molecular complexity index is 633. The van der Waals surface area contributed by atoms with E-state index >= 15 is 0 Å². The number of hydrogen-bond acceptors (Lipinski definition) is 5. The second-order valence-corrected chi connectivity index (χ2v) is 7.91. The molecule has 2 heterocycles. The van der Waals surface area contributed by atoms with E-state index in [4.69, 9.17) is 4.74 Å². The number of carbonyl (C=O) groups is 3. The molecule has 1 aromatic heterocycles. The molecule has 0 radical (unpaired) electrons. The quantitative estimate of drug-likeness (QED) is 0.689. The summed E-state index contributed by atoms with van der Waals surface area (Å²) < 4.78 is 5.26. The zero-order valence-corrected chi connectivity index (χ0v) is 15.5. The summed E-state index contributed by atoms with van der Waals surface area (Å²) in [6.07, 6.45) is 1.61. The minimum Gasteiger partial charge on any atom is -0.481 e. The predicted molar refractivity (Wildman–Crippen MR) is 95.0 cm³/mol. The Hall–Kier alpha value is -1.73. The van der Waals surface area contributed by atoms with Gasteiger partial charge in [-0.3, -0.25) is 14.4 Å². The summed E-state index contributed by atoms with van der Waals surface area (Å²) >= 11 is 1.57. The number of carboxylic acid groups (broad SMARTS) is 1. The summed E-state index contributed by atoms with van der Waals surface area (Å²) in [6.45, 7) is 5.08. The number of thiophene rings is 1. The molecule has 0 aromatic carbocycles. The van der Waals surface area contributed by atoms with Crippen LogP contribution in [0, 0.1) is 25.7 Å². The minimum absolute atomic E-state index is 0.0182. The first-order valence-corrected chi connectivity index (χ1v) is 9.37. The van der Waals surface area contributed by atoms with Crippen LogP contribution in [0.2, 0.25) is 0 Å². The molecule has 1 atom stereocenters. The first-order chi connectivity index (χ1) is 11.9. The zero-order valence-electron chi connectivity index (χ0n) is 14.7. The second kappa shape index (κ2) is 9.10. The number of carboxylic acids is 1. The lowest BCUT2D eigenvalue weighted by Gasteiger charge is -2.27. The highest BCUT2D eigenvalue weighted by Crippen LogP contribution is 2.24. The zero-order chi connectivity index (χ0) is 18.4. The van der Waals surface area contributed by atoms with Crippen LogP contribution in [0.4, 0.5) is 0 Å². The summed E-state index contributed by atoms with van der Waals surface area (Å²) in [5.74, 6) is -1.81. The van der Waals surface area contributed by atoms with Crippen LogP contribution in [-0.4, -0.2) is 42.5 Å². The smallest absolute Gasteiger partial charge is 0.308 e. The van der Waals surface area contributed by atoms with E-state index in [2.05, 4.69) is 5.32 Å². The number of amides is 1. The molecule has 1 unspecified atom stereocenters. The Morgan fingerprint density at radius 2 is 1.96 bits per heavy atom. The van der Waals surface area contributed by atoms with Crippen molar-refractivity contribution in [1.29, 1.82) is 0 Å². The summed E-state index contributed by atoms with van der Waals surface area (Å²) in [5.41, 5.74) is 0.681. The third-order valence-electron chi connectivity index (χ3n) is 4.59. The van der Waals surface area contributed by atoms with E-state index in [1.165, 1.54) is 0 Å². The molecule has 0 spiro atoms. The lowest BCUT2D eigenvalue weighted by Crippen LogP contribution is -2.39. The summed E-state index contributed by atoms with van der Waals surface area (Å²) in [5, 5.41) is 12.1. The number of ether oxygens (including phenoxy) is 1. The van der Waals surface area contributed by atoms with Crippen molar-refractivity contribution >= 4 is 29.0 Å². The van der Waals surface area contributed by atoms with E-state index in [1.807, 2.05) is 19.9 Å². The molecular weight excluding hydrogens is 342 g/mol. The standard InChI is InChI=1S/C18H25NO5S/c1-11-9-14(12(2)25-11)16(20)3-4-17(21)19-10-15(18(22)23)13-5-7-24-8-6-13/h9,13,15H,3-8,10H2,1-2H3,(H,19,21)(H,22,23). The van der Waals surface area contributed by atoms with Crippen molar-refractivity contribution in [3.05, 3.63) is 21.4 Å². The Kier molecular flexibility index (Phi) is 7.13. The van der Waals surface area contributed by atoms with Crippen molar-refractivity contribution < 1.29 is 24.2 Å². The van der Waals surface area contributed by atoms with Crippen LogP contribution in [0.1, 0.15) is 45.8 Å². The maximum Gasteiger partial charge on any atom is 0.308 e. The number of ketones is 1. The van der Waals surface area contributed by atoms with Crippen molar-refractivity contribution in [2.24, 2.45) is 11.8 Å². The van der Waals surface area contributed by atoms with Gasteiger partial charge in [-0.25, -0.2) is 0 Å². The SMILES string of the molecule is Cc1cc(C(=O)CCC(=O)NCC(C(=O)O)C2CCOCC2)c(C)s1. The molecule has 2 rings (SSSR count). The molecule has 1 aromatic rings. The van der Waals surface area contributed by atoms with Crippen molar-refractivity contribution in [2.45, 2.75) is 39.5 Å². The molecular formula is C18H25NO5S. The van der Waals surface area contributed by atoms with E-state index in [-0.39, 0.29) is 37.0 Å². The molecule has 1 fully saturated rings. The van der Waals surface area contributed by atoms with Gasteiger partial charge in [-0.15, -0.1) is 11.3 Å². The fourth-order valence-corrected chi connectivity index (χ4v) is 4.10. The third-order valence-corrected chi connectivity index (χ3v) is 5.56. The molecule has 25 heavy (non-hydrogen) atoms. The molecule has 2 N–H and O–H groups in total. The Morgan fingerprint density at radius 1 is 1.28 bits per heavy atom. The maximum absolute atomic E-state index is 12.2. The van der Waals surface area contributed by atoms with Gasteiger partial charge in [0, 0.05) is 47.9 Å². The number of aliphatic carboxylic acids is 1. The van der Waals surface area contributed by atoms with Gasteiger partial charge in [-0.05, 0) is 38.7 Å². The number of aryl methyl sites for hydroxylation is 2. The fourth-order valence-electron chi connectivity index (χ4n) is 3.16. The summed E-state index contributed by atoms with van der Waals surface area (Å²) in [4.78, 5) is 37.7. The Morgan fingerprint density at radius 3 is 2.52 bits per heavy atom. The predicted octanol–water partition coefficient (Wildman–Crippen LogP) is 2.57. The lowest BCUT2D eigenvalue weighted by atomic mass is 9.86. The van der Waals surface area contributed by atoms with E-state index in [0.717, 1.165) is 9.75 Å². The molecule has 1 aliphatic heterocycles. The van der Waals surface area contributed by atoms with Gasteiger partial charge >= 0.3 is 5.97 Å². The Labute approximate surface area is 151 Å². The molecule has 0 aliphatic carbocycles. The second-order valence-electron chi connectivity index (χ2n) is 6.45. The molecule has 0 saturated carbocycles. The lowest BCUT2D eigenvalue weighted by molar-refractivity contribution is -0.145. The topological polar surface area (TPSA) is 92.7 Å². The van der Waals surface area contributed by atoms with Crippen molar-refractivity contribution in [3.63, 3.8) is 0 Å². The number of hydrogen-bond donors (Lipinski definition) is 2. The van der Waals surface area contributed by atoms with Gasteiger partial charge in [0.05, 0.1) is 5.92 Å². The highest BCUT2D eigenvalue weighted by Gasteiger charge is 2.30. The van der Waals surface area contributed by atoms with E-state index in [1.54, 1.807) is 11.3 Å². The van der Waals surface area contributed by atoms with Crippen LogP contribution in [0.25, 0.3) is 0 Å². The van der Waals surface area contributed by atoms with E-state index in [9.17, 15) is 19.5 Å². The maximum atomic E-state index is 12.2. The summed E-state index contributed by atoms with van der Waals surface area (Å²) in [7, 11) is 0. The molecule has 1 aliphatic rings. The normalized spacial score (nSPS) is 16.4. The van der Waals surface area contributed by atoms with Gasteiger partial charge in [-0.2, -0.15) is 0 Å². The number of Topliss-reactive ketones (excluding diaryl/α,β-unsaturated/α-hetero) is 1. The molecule has 0 bridgehead atoms. The van der Waals surface area contributed by atoms with E-state index in [0.29, 0.717) is 31.6 Å². The van der Waals surface area contributed by atoms with Crippen molar-refractivity contribution in [2.75, 3.05) is 19.8 Å². The number of nitrogens with one attached hydrogen (secondary N) is 1. The van der Waals surface area contributed by atoms with Gasteiger partial charge in [0.15, 0.2) is 5.78 Å². The first kappa shape index (κ1) is 19.6. The molecule has 6 nitrogen and oxygen atoms in total. The van der Waals surface area contributed by atoms with Crippen molar-refractivity contribution in [1.82, 2.24) is 5.32 Å². The first-order valence-electron chi connectivity index (χ1n) is 8.56. The average Bonchev–Trinajstić information content (AvgIpc) is 2.92. The average molecular weight is 367 g/mol. The van der Waals surface area contributed by atoms with Crippen LogP contribution in [0.3, 0.4) is 0 Å². The minimum atomic E-state index is -0.896. The monoisotopic (exact) mass is 367 g/mol. The van der Waals surface area contributed by atoms with Crippen molar-refractivity contribution in [3.8, 4) is 0 Å². The Balaban J connectivity index is 1.79. The third kappa shape index (κ3) is 5.64. The molecule has 1 saturated heterocycles. The highest BCUT2D eigenvalue weighted by atomic mass is 32.1. The van der Waals surface area contributed by atoms with Gasteiger partial charge in [0.2, 0.25) is 5.91 Å². The van der Waals surface area contributed by atoms with E-state index < -0.39 is 11.9 Å². The van der Waals surface area contributed by atoms with Crippen LogP contribution >= 0.6 is 11.3 Å². The van der Waals surface area contributed by atoms with Gasteiger partial charge in [-0.1, -0.05) is 0 Å². The number of rotatable bonds is 8. The van der Waals surface area contributed by atoms with Gasteiger partial charge in [0.25, 0.3) is 0 Å². The largest absolute Gasteiger partial charge is 0.481 e. The van der Waals surface area contributed by atoms with Gasteiger partial charge in [0.1, 0.15) is 0 Å². The van der Waals surface area contributed by atoms with Crippen LogP contribution in [0.15, 0.2) is 6.07 Å². The fraction of sp³-hybridized carbons (Fsp3) is 0.611. The summed E-state index contributed by atoms with van der Waals surface area (Å²) in [6, 6.07) is 1.85. The molecule has 1 amide bonds. The van der Waals surface area contributed by atoms with Crippen LogP contribution in [-0.2, 0) is 14.3 Å². The van der Waals surface area contributed by atoms with Crippen LogP contribution < -0.4 is 5.32 Å². The highest BCUT2D eigenvalue weighted by molar-refractivity contribution is 7.12. The number of carbonyl (C=O) groups excluding carboxylic acids is 2.